The number of amides is 1. The minimum absolute atomic E-state index is 0.125. The van der Waals surface area contributed by atoms with E-state index in [2.05, 4.69) is 10.3 Å². The van der Waals surface area contributed by atoms with E-state index in [9.17, 15) is 9.59 Å². The summed E-state index contributed by atoms with van der Waals surface area (Å²) in [6, 6.07) is 10.6. The van der Waals surface area contributed by atoms with Gasteiger partial charge in [-0.1, -0.05) is 6.07 Å². The minimum Gasteiger partial charge on any atom is -0.493 e. The number of aromatic nitrogens is 1. The van der Waals surface area contributed by atoms with Crippen LogP contribution >= 0.6 is 0 Å². The Bertz CT molecular complexity index is 957. The molecule has 7 heteroatoms. The maximum atomic E-state index is 12.1. The summed E-state index contributed by atoms with van der Waals surface area (Å²) in [5.41, 5.74) is 2.57. The lowest BCUT2D eigenvalue weighted by molar-refractivity contribution is -0.116. The molecule has 0 spiro atoms. The Balaban J connectivity index is 1.63. The van der Waals surface area contributed by atoms with Crippen LogP contribution < -0.4 is 20.5 Å². The van der Waals surface area contributed by atoms with E-state index in [0.717, 1.165) is 5.56 Å². The van der Waals surface area contributed by atoms with E-state index in [1.807, 2.05) is 18.2 Å². The lowest BCUT2D eigenvalue weighted by Gasteiger charge is -2.10. The van der Waals surface area contributed by atoms with E-state index < -0.39 is 5.76 Å². The molecule has 0 aliphatic carbocycles. The van der Waals surface area contributed by atoms with Crippen LogP contribution in [0, 0.1) is 0 Å². The third-order valence-corrected chi connectivity index (χ3v) is 3.79. The number of fused-ring (bicyclic) bond motifs is 1. The standard InChI is InChI=1S/C18H18N2O5/c1-23-15-6-3-11(9-16(15)24-2)4-8-17(21)19-12-5-7-14-13(10-12)20-18(22)25-14/h3,5-7,9-10H,4,8H2,1-2H3,(H,19,21)(H,20,22). The predicted molar refractivity (Wildman–Crippen MR) is 93.3 cm³/mol. The average molecular weight is 342 g/mol. The molecule has 0 fully saturated rings. The summed E-state index contributed by atoms with van der Waals surface area (Å²) in [7, 11) is 3.15. The van der Waals surface area contributed by atoms with Gasteiger partial charge in [0, 0.05) is 12.1 Å². The highest BCUT2D eigenvalue weighted by Gasteiger charge is 2.08. The van der Waals surface area contributed by atoms with Crippen molar-refractivity contribution in [2.75, 3.05) is 19.5 Å². The number of H-pyrrole nitrogens is 1. The van der Waals surface area contributed by atoms with Crippen LogP contribution in [-0.2, 0) is 11.2 Å². The molecule has 2 aromatic carbocycles. The topological polar surface area (TPSA) is 93.6 Å². The number of hydrogen-bond acceptors (Lipinski definition) is 5. The van der Waals surface area contributed by atoms with Crippen molar-refractivity contribution in [3.05, 3.63) is 52.5 Å². The Morgan fingerprint density at radius 2 is 1.92 bits per heavy atom. The highest BCUT2D eigenvalue weighted by molar-refractivity contribution is 5.92. The van der Waals surface area contributed by atoms with Gasteiger partial charge in [-0.2, -0.15) is 0 Å². The van der Waals surface area contributed by atoms with Gasteiger partial charge in [0.15, 0.2) is 17.1 Å². The molecule has 0 aliphatic rings. The van der Waals surface area contributed by atoms with Gasteiger partial charge in [0.2, 0.25) is 5.91 Å². The van der Waals surface area contributed by atoms with Crippen LogP contribution in [0.15, 0.2) is 45.6 Å². The summed E-state index contributed by atoms with van der Waals surface area (Å²) < 4.78 is 15.4. The molecule has 1 amide bonds. The molecular weight excluding hydrogens is 324 g/mol. The van der Waals surface area contributed by atoms with Crippen molar-refractivity contribution < 1.29 is 18.7 Å². The molecule has 0 bridgehead atoms. The Kier molecular flexibility index (Phi) is 4.74. The molecule has 7 nitrogen and oxygen atoms in total. The van der Waals surface area contributed by atoms with E-state index in [-0.39, 0.29) is 5.91 Å². The maximum absolute atomic E-state index is 12.1. The molecular formula is C18H18N2O5. The number of hydrogen-bond donors (Lipinski definition) is 2. The van der Waals surface area contributed by atoms with Crippen molar-refractivity contribution in [3.8, 4) is 11.5 Å². The number of methoxy groups -OCH3 is 2. The monoisotopic (exact) mass is 342 g/mol. The number of rotatable bonds is 6. The first-order valence-electron chi connectivity index (χ1n) is 7.72. The Morgan fingerprint density at radius 1 is 1.12 bits per heavy atom. The van der Waals surface area contributed by atoms with Gasteiger partial charge >= 0.3 is 5.76 Å². The van der Waals surface area contributed by atoms with Crippen LogP contribution in [0.25, 0.3) is 11.1 Å². The van der Waals surface area contributed by atoms with Gasteiger partial charge in [-0.15, -0.1) is 0 Å². The summed E-state index contributed by atoms with van der Waals surface area (Å²) >= 11 is 0. The number of aromatic amines is 1. The van der Waals surface area contributed by atoms with Crippen LogP contribution in [-0.4, -0.2) is 25.1 Å². The van der Waals surface area contributed by atoms with E-state index in [1.54, 1.807) is 32.4 Å². The molecule has 1 aromatic heterocycles. The summed E-state index contributed by atoms with van der Waals surface area (Å²) in [4.78, 5) is 25.8. The smallest absolute Gasteiger partial charge is 0.417 e. The first kappa shape index (κ1) is 16.6. The van der Waals surface area contributed by atoms with Gasteiger partial charge in [0.1, 0.15) is 0 Å². The van der Waals surface area contributed by atoms with Gasteiger partial charge in [-0.25, -0.2) is 4.79 Å². The molecule has 3 rings (SSSR count). The molecule has 1 heterocycles. The second-order valence-electron chi connectivity index (χ2n) is 5.46. The van der Waals surface area contributed by atoms with Crippen molar-refractivity contribution >= 4 is 22.7 Å². The number of anilines is 1. The molecule has 0 saturated carbocycles. The molecule has 0 saturated heterocycles. The van der Waals surface area contributed by atoms with Crippen molar-refractivity contribution in [1.29, 1.82) is 0 Å². The lowest BCUT2D eigenvalue weighted by Crippen LogP contribution is -2.12. The van der Waals surface area contributed by atoms with Gasteiger partial charge in [0.25, 0.3) is 0 Å². The fourth-order valence-corrected chi connectivity index (χ4v) is 2.55. The number of carbonyl (C=O) groups is 1. The van der Waals surface area contributed by atoms with Crippen LogP contribution in [0.4, 0.5) is 5.69 Å². The molecule has 0 atom stereocenters. The normalized spacial score (nSPS) is 10.6. The quantitative estimate of drug-likeness (QED) is 0.718. The number of ether oxygens (including phenoxy) is 2. The molecule has 0 radical (unpaired) electrons. The summed E-state index contributed by atoms with van der Waals surface area (Å²) in [5, 5.41) is 2.81. The minimum atomic E-state index is -0.521. The Hall–Kier alpha value is -3.22. The first-order valence-corrected chi connectivity index (χ1v) is 7.72. The van der Waals surface area contributed by atoms with Crippen molar-refractivity contribution in [2.45, 2.75) is 12.8 Å². The lowest BCUT2D eigenvalue weighted by atomic mass is 10.1. The number of nitrogens with one attached hydrogen (secondary N) is 2. The summed E-state index contributed by atoms with van der Waals surface area (Å²) in [5.74, 6) is 0.639. The summed E-state index contributed by atoms with van der Waals surface area (Å²) in [6.45, 7) is 0. The van der Waals surface area contributed by atoms with Gasteiger partial charge in [-0.05, 0) is 42.3 Å². The van der Waals surface area contributed by atoms with Gasteiger partial charge in [-0.3, -0.25) is 9.78 Å². The van der Waals surface area contributed by atoms with E-state index in [0.29, 0.717) is 41.1 Å². The third-order valence-electron chi connectivity index (χ3n) is 3.79. The molecule has 3 aromatic rings. The van der Waals surface area contributed by atoms with Gasteiger partial charge < -0.3 is 19.2 Å². The van der Waals surface area contributed by atoms with E-state index in [4.69, 9.17) is 13.9 Å². The zero-order valence-corrected chi connectivity index (χ0v) is 13.9. The van der Waals surface area contributed by atoms with Crippen LogP contribution in [0.3, 0.4) is 0 Å². The molecule has 2 N–H and O–H groups in total. The SMILES string of the molecule is COc1ccc(CCC(=O)Nc2ccc3oc(=O)[nH]c3c2)cc1OC. The Morgan fingerprint density at radius 3 is 2.68 bits per heavy atom. The number of carbonyl (C=O) groups excluding carboxylic acids is 1. The number of oxazole rings is 1. The largest absolute Gasteiger partial charge is 0.493 e. The molecule has 0 unspecified atom stereocenters. The van der Waals surface area contributed by atoms with Crippen LogP contribution in [0.2, 0.25) is 0 Å². The maximum Gasteiger partial charge on any atom is 0.417 e. The first-order chi connectivity index (χ1) is 12.1. The predicted octanol–water partition coefficient (Wildman–Crippen LogP) is 2.71. The van der Waals surface area contributed by atoms with Crippen molar-refractivity contribution in [2.24, 2.45) is 0 Å². The van der Waals surface area contributed by atoms with E-state index in [1.165, 1.54) is 0 Å². The van der Waals surface area contributed by atoms with E-state index >= 15 is 0 Å². The van der Waals surface area contributed by atoms with Crippen molar-refractivity contribution in [1.82, 2.24) is 4.98 Å². The second kappa shape index (κ2) is 7.12. The molecule has 0 aliphatic heterocycles. The zero-order valence-electron chi connectivity index (χ0n) is 13.9. The third kappa shape index (κ3) is 3.82. The fourth-order valence-electron chi connectivity index (χ4n) is 2.55. The van der Waals surface area contributed by atoms with Gasteiger partial charge in [0.05, 0.1) is 19.7 Å². The number of aryl methyl sites for hydroxylation is 1. The molecule has 130 valence electrons. The van der Waals surface area contributed by atoms with Crippen LogP contribution in [0.1, 0.15) is 12.0 Å². The van der Waals surface area contributed by atoms with Crippen LogP contribution in [0.5, 0.6) is 11.5 Å². The fraction of sp³-hybridized carbons (Fsp3) is 0.222. The Labute approximate surface area is 143 Å². The highest BCUT2D eigenvalue weighted by Crippen LogP contribution is 2.28. The molecule has 25 heavy (non-hydrogen) atoms. The highest BCUT2D eigenvalue weighted by atomic mass is 16.5. The van der Waals surface area contributed by atoms with Crippen molar-refractivity contribution in [3.63, 3.8) is 0 Å². The second-order valence-corrected chi connectivity index (χ2v) is 5.46. The average Bonchev–Trinajstić information content (AvgIpc) is 2.99. The summed E-state index contributed by atoms with van der Waals surface area (Å²) in [6.07, 6.45) is 0.881. The number of benzene rings is 2. The zero-order chi connectivity index (χ0) is 17.8.